The second kappa shape index (κ2) is 9.40. The van der Waals surface area contributed by atoms with E-state index in [2.05, 4.69) is 5.32 Å². The largest absolute Gasteiger partial charge is 0.457 e. The van der Waals surface area contributed by atoms with Gasteiger partial charge in [0.1, 0.15) is 17.1 Å². The summed E-state index contributed by atoms with van der Waals surface area (Å²) in [6.07, 6.45) is 1.23. The van der Waals surface area contributed by atoms with Gasteiger partial charge in [-0.05, 0) is 72.2 Å². The molecule has 5 rings (SSSR count). The number of anilines is 1. The highest BCUT2D eigenvalue weighted by Gasteiger charge is 2.35. The molecule has 4 aromatic rings. The maximum Gasteiger partial charge on any atom is 0.284 e. The van der Waals surface area contributed by atoms with Gasteiger partial charge < -0.3 is 4.74 Å². The summed E-state index contributed by atoms with van der Waals surface area (Å²) in [5, 5.41) is 15.4. The molecule has 0 unspecified atom stereocenters. The third kappa shape index (κ3) is 4.30. The summed E-state index contributed by atoms with van der Waals surface area (Å²) >= 11 is 5.26. The van der Waals surface area contributed by atoms with Gasteiger partial charge in [-0.15, -0.1) is 0 Å². The minimum Gasteiger partial charge on any atom is -0.457 e. The SMILES string of the molecule is O=C1NC(=S)N(c2ccc(Oc3ccccc3)cc2)C(=O)C1=Cc1ccc2ccccc2c1[N+](=O)[O-]. The molecule has 1 fully saturated rings. The van der Waals surface area contributed by atoms with Crippen LogP contribution in [0.1, 0.15) is 5.56 Å². The van der Waals surface area contributed by atoms with Crippen LogP contribution in [-0.4, -0.2) is 21.9 Å². The van der Waals surface area contributed by atoms with E-state index < -0.39 is 16.7 Å². The molecule has 1 aliphatic heterocycles. The molecular weight excluding hydrogens is 478 g/mol. The van der Waals surface area contributed by atoms with Gasteiger partial charge in [0.25, 0.3) is 17.5 Å². The second-order valence-corrected chi connectivity index (χ2v) is 8.24. The van der Waals surface area contributed by atoms with Crippen LogP contribution in [0.5, 0.6) is 11.5 Å². The molecular formula is C27H17N3O5S. The predicted molar refractivity (Wildman–Crippen MR) is 140 cm³/mol. The van der Waals surface area contributed by atoms with Gasteiger partial charge in [-0.25, -0.2) is 0 Å². The van der Waals surface area contributed by atoms with Crippen LogP contribution < -0.4 is 15.0 Å². The quantitative estimate of drug-likeness (QED) is 0.131. The van der Waals surface area contributed by atoms with E-state index in [1.54, 1.807) is 54.6 Å². The van der Waals surface area contributed by atoms with E-state index >= 15 is 0 Å². The highest BCUT2D eigenvalue weighted by Crippen LogP contribution is 2.32. The van der Waals surface area contributed by atoms with Crippen LogP contribution in [0.25, 0.3) is 16.8 Å². The van der Waals surface area contributed by atoms with Crippen molar-refractivity contribution in [3.63, 3.8) is 0 Å². The van der Waals surface area contributed by atoms with Crippen molar-refractivity contribution in [2.45, 2.75) is 0 Å². The zero-order chi connectivity index (χ0) is 25.2. The van der Waals surface area contributed by atoms with Gasteiger partial charge >= 0.3 is 0 Å². The molecule has 0 radical (unpaired) electrons. The number of hydrogen-bond donors (Lipinski definition) is 1. The van der Waals surface area contributed by atoms with Crippen molar-refractivity contribution in [3.05, 3.63) is 112 Å². The molecule has 0 aromatic heterocycles. The highest BCUT2D eigenvalue weighted by molar-refractivity contribution is 7.80. The lowest BCUT2D eigenvalue weighted by atomic mass is 10.0. The maximum atomic E-state index is 13.4. The topological polar surface area (TPSA) is 102 Å². The van der Waals surface area contributed by atoms with Crippen LogP contribution >= 0.6 is 12.2 Å². The summed E-state index contributed by atoms with van der Waals surface area (Å²) in [6.45, 7) is 0. The molecule has 8 nitrogen and oxygen atoms in total. The number of fused-ring (bicyclic) bond motifs is 1. The van der Waals surface area contributed by atoms with E-state index in [-0.39, 0.29) is 21.9 Å². The van der Waals surface area contributed by atoms with E-state index in [1.807, 2.05) is 30.3 Å². The third-order valence-electron chi connectivity index (χ3n) is 5.59. The Morgan fingerprint density at radius 1 is 0.861 bits per heavy atom. The Morgan fingerprint density at radius 3 is 2.25 bits per heavy atom. The number of carbonyl (C=O) groups is 2. The summed E-state index contributed by atoms with van der Waals surface area (Å²) < 4.78 is 5.78. The minimum atomic E-state index is -0.729. The fraction of sp³-hybridized carbons (Fsp3) is 0. The fourth-order valence-corrected chi connectivity index (χ4v) is 4.21. The van der Waals surface area contributed by atoms with Crippen molar-refractivity contribution >= 4 is 57.4 Å². The Balaban J connectivity index is 1.50. The summed E-state index contributed by atoms with van der Waals surface area (Å²) in [7, 11) is 0. The zero-order valence-corrected chi connectivity index (χ0v) is 19.4. The van der Waals surface area contributed by atoms with Gasteiger partial charge in [0, 0.05) is 0 Å². The van der Waals surface area contributed by atoms with E-state index in [1.165, 1.54) is 17.0 Å². The standard InChI is InChI=1S/C27H17N3O5S/c31-25-23(16-18-11-10-17-6-4-5-9-22(17)24(18)30(33)34)26(32)29(27(36)28-25)19-12-14-21(15-13-19)35-20-7-2-1-3-8-20/h1-16H,(H,28,31,36). The second-order valence-electron chi connectivity index (χ2n) is 7.85. The fourth-order valence-electron chi connectivity index (χ4n) is 3.93. The number of nitrogens with zero attached hydrogens (tertiary/aromatic N) is 2. The molecule has 4 aromatic carbocycles. The minimum absolute atomic E-state index is 0.0908. The van der Waals surface area contributed by atoms with Crippen molar-refractivity contribution in [1.82, 2.24) is 5.32 Å². The lowest BCUT2D eigenvalue weighted by Crippen LogP contribution is -2.54. The van der Waals surface area contributed by atoms with Gasteiger partial charge in [-0.1, -0.05) is 42.5 Å². The first kappa shape index (κ1) is 22.9. The first-order valence-corrected chi connectivity index (χ1v) is 11.2. The number of nitrogens with one attached hydrogen (secondary N) is 1. The molecule has 0 atom stereocenters. The molecule has 1 heterocycles. The average Bonchev–Trinajstić information content (AvgIpc) is 2.87. The Hall–Kier alpha value is -4.89. The van der Waals surface area contributed by atoms with Crippen LogP contribution in [0.2, 0.25) is 0 Å². The number of thiocarbonyl (C=S) groups is 1. The van der Waals surface area contributed by atoms with E-state index in [9.17, 15) is 19.7 Å². The van der Waals surface area contributed by atoms with Crippen LogP contribution in [0.3, 0.4) is 0 Å². The Morgan fingerprint density at radius 2 is 1.53 bits per heavy atom. The molecule has 0 saturated carbocycles. The monoisotopic (exact) mass is 495 g/mol. The van der Waals surface area contributed by atoms with Crippen LogP contribution in [-0.2, 0) is 9.59 Å². The van der Waals surface area contributed by atoms with Crippen molar-refractivity contribution in [3.8, 4) is 11.5 Å². The lowest BCUT2D eigenvalue weighted by molar-refractivity contribution is -0.383. The molecule has 0 aliphatic carbocycles. The molecule has 1 saturated heterocycles. The summed E-state index contributed by atoms with van der Waals surface area (Å²) in [5.74, 6) is -0.216. The van der Waals surface area contributed by atoms with Crippen molar-refractivity contribution in [2.24, 2.45) is 0 Å². The summed E-state index contributed by atoms with van der Waals surface area (Å²) in [5.41, 5.74) is 0.0795. The molecule has 0 bridgehead atoms. The van der Waals surface area contributed by atoms with Gasteiger partial charge in [-0.2, -0.15) is 0 Å². The molecule has 1 N–H and O–H groups in total. The number of nitro groups is 1. The number of ether oxygens (including phenoxy) is 1. The van der Waals surface area contributed by atoms with Gasteiger partial charge in [0.2, 0.25) is 0 Å². The van der Waals surface area contributed by atoms with Gasteiger partial charge in [-0.3, -0.25) is 29.9 Å². The zero-order valence-electron chi connectivity index (χ0n) is 18.6. The number of hydrogen-bond acceptors (Lipinski definition) is 6. The molecule has 176 valence electrons. The Kier molecular flexibility index (Phi) is 5.97. The highest BCUT2D eigenvalue weighted by atomic mass is 32.1. The van der Waals surface area contributed by atoms with Crippen LogP contribution in [0.15, 0.2) is 96.6 Å². The predicted octanol–water partition coefficient (Wildman–Crippen LogP) is 5.37. The smallest absolute Gasteiger partial charge is 0.284 e. The first-order valence-electron chi connectivity index (χ1n) is 10.8. The average molecular weight is 496 g/mol. The first-order chi connectivity index (χ1) is 17.4. The summed E-state index contributed by atoms with van der Waals surface area (Å²) in [6, 6.07) is 25.9. The van der Waals surface area contributed by atoms with Crippen LogP contribution in [0, 0.1) is 10.1 Å². The lowest BCUT2D eigenvalue weighted by Gasteiger charge is -2.29. The van der Waals surface area contributed by atoms with E-state index in [0.29, 0.717) is 28.0 Å². The molecule has 9 heteroatoms. The van der Waals surface area contributed by atoms with Crippen molar-refractivity contribution in [1.29, 1.82) is 0 Å². The number of amides is 2. The normalized spacial score (nSPS) is 14.7. The Labute approximate surface area is 210 Å². The number of carbonyl (C=O) groups excluding carboxylic acids is 2. The number of nitro benzene ring substituents is 1. The van der Waals surface area contributed by atoms with Crippen molar-refractivity contribution < 1.29 is 19.2 Å². The maximum absolute atomic E-state index is 13.4. The van der Waals surface area contributed by atoms with Crippen molar-refractivity contribution in [2.75, 3.05) is 4.90 Å². The molecule has 2 amide bonds. The third-order valence-corrected chi connectivity index (χ3v) is 5.87. The number of para-hydroxylation sites is 1. The van der Waals surface area contributed by atoms with Crippen LogP contribution in [0.4, 0.5) is 11.4 Å². The molecule has 36 heavy (non-hydrogen) atoms. The summed E-state index contributed by atoms with van der Waals surface area (Å²) in [4.78, 5) is 38.6. The number of benzene rings is 4. The van der Waals surface area contributed by atoms with E-state index in [4.69, 9.17) is 17.0 Å². The molecule has 1 aliphatic rings. The molecule has 0 spiro atoms. The van der Waals surface area contributed by atoms with Gasteiger partial charge in [0.15, 0.2) is 5.11 Å². The van der Waals surface area contributed by atoms with Gasteiger partial charge in [0.05, 0.1) is 21.6 Å². The number of rotatable bonds is 5. The van der Waals surface area contributed by atoms with E-state index in [0.717, 1.165) is 0 Å². The Bertz CT molecular complexity index is 1570.